The summed E-state index contributed by atoms with van der Waals surface area (Å²) in [5.41, 5.74) is -0.233. The van der Waals surface area contributed by atoms with Crippen LogP contribution in [0.25, 0.3) is 0 Å². The molecule has 0 bridgehead atoms. The number of hydrogen-bond donors (Lipinski definition) is 2. The molecule has 0 saturated carbocycles. The topological polar surface area (TPSA) is 150 Å². The number of carbonyl (C=O) groups excluding carboxylic acids is 5. The molecule has 2 fully saturated rings. The predicted octanol–water partition coefficient (Wildman–Crippen LogP) is -0.804. The normalized spacial score (nSPS) is 21.7. The van der Waals surface area contributed by atoms with Gasteiger partial charge in [-0.2, -0.15) is 11.8 Å². The van der Waals surface area contributed by atoms with Crippen molar-refractivity contribution in [3.63, 3.8) is 0 Å². The summed E-state index contributed by atoms with van der Waals surface area (Å²) in [6, 6.07) is 3.05. The minimum Gasteiger partial charge on any atom is -0.351 e. The van der Waals surface area contributed by atoms with Crippen molar-refractivity contribution in [1.82, 2.24) is 19.8 Å². The van der Waals surface area contributed by atoms with Gasteiger partial charge in [0.05, 0.1) is 22.4 Å². The van der Waals surface area contributed by atoms with E-state index in [1.54, 1.807) is 11.8 Å². The first-order valence-electron chi connectivity index (χ1n) is 10.4. The highest BCUT2D eigenvalue weighted by Crippen LogP contribution is 2.30. The lowest BCUT2D eigenvalue weighted by Gasteiger charge is -2.27. The summed E-state index contributed by atoms with van der Waals surface area (Å²) in [6.45, 7) is 0.702. The summed E-state index contributed by atoms with van der Waals surface area (Å²) in [7, 11) is -3.52. The fourth-order valence-electron chi connectivity index (χ4n) is 4.05. The second-order valence-corrected chi connectivity index (χ2v) is 11.1. The van der Waals surface area contributed by atoms with Crippen LogP contribution in [0.4, 0.5) is 0 Å². The Morgan fingerprint density at radius 1 is 1.12 bits per heavy atom. The smallest absolute Gasteiger partial charge is 0.263 e. The van der Waals surface area contributed by atoms with Crippen molar-refractivity contribution in [3.8, 4) is 0 Å². The highest BCUT2D eigenvalue weighted by atomic mass is 32.2. The van der Waals surface area contributed by atoms with Crippen molar-refractivity contribution in [2.45, 2.75) is 18.9 Å². The highest BCUT2D eigenvalue weighted by Gasteiger charge is 2.46. The van der Waals surface area contributed by atoms with Crippen LogP contribution in [0.5, 0.6) is 0 Å². The van der Waals surface area contributed by atoms with E-state index in [4.69, 9.17) is 0 Å². The van der Waals surface area contributed by atoms with Crippen LogP contribution in [-0.2, 0) is 19.6 Å². The summed E-state index contributed by atoms with van der Waals surface area (Å²) in [5, 5.41) is 4.63. The molecule has 1 unspecified atom stereocenters. The van der Waals surface area contributed by atoms with Crippen LogP contribution in [0, 0.1) is 0 Å². The Kier molecular flexibility index (Phi) is 6.54. The number of carbonyl (C=O) groups is 5. The summed E-state index contributed by atoms with van der Waals surface area (Å²) in [5.74, 6) is -2.27. The van der Waals surface area contributed by atoms with Crippen molar-refractivity contribution in [1.29, 1.82) is 0 Å². The van der Waals surface area contributed by atoms with Crippen LogP contribution in [0.15, 0.2) is 18.2 Å². The van der Waals surface area contributed by atoms with Crippen molar-refractivity contribution in [2.75, 3.05) is 36.9 Å². The maximum atomic E-state index is 13.1. The van der Waals surface area contributed by atoms with E-state index < -0.39 is 45.6 Å². The average molecular weight is 495 g/mol. The van der Waals surface area contributed by atoms with Crippen LogP contribution in [0.2, 0.25) is 0 Å². The van der Waals surface area contributed by atoms with Crippen molar-refractivity contribution < 1.29 is 32.4 Å². The standard InChI is InChI=1S/C20H22N4O7S2/c25-15-5-4-14(18(27)22-15)24-19(28)13-3-1-2-12(16(13)20(24)29)17(26)21-6-11-33(30,31)23-7-9-32-10-8-23/h1-3,14H,4-11H2,(H,21,26)(H,22,25,27). The van der Waals surface area contributed by atoms with Crippen molar-refractivity contribution in [3.05, 3.63) is 34.9 Å². The van der Waals surface area contributed by atoms with Crippen LogP contribution in [-0.4, -0.2) is 90.1 Å². The highest BCUT2D eigenvalue weighted by molar-refractivity contribution is 7.99. The molecule has 2 N–H and O–H groups in total. The molecule has 0 aliphatic carbocycles. The molecule has 1 aromatic rings. The minimum absolute atomic E-state index is 0.00450. The van der Waals surface area contributed by atoms with E-state index in [2.05, 4.69) is 10.6 Å². The summed E-state index contributed by atoms with van der Waals surface area (Å²) in [6.07, 6.45) is -0.00807. The molecule has 11 nitrogen and oxygen atoms in total. The number of benzene rings is 1. The summed E-state index contributed by atoms with van der Waals surface area (Å²) in [4.78, 5) is 63.1. The van der Waals surface area contributed by atoms with Gasteiger partial charge < -0.3 is 5.32 Å². The maximum absolute atomic E-state index is 13.1. The largest absolute Gasteiger partial charge is 0.351 e. The number of piperidine rings is 1. The SMILES string of the molecule is O=C1CCC(N2C(=O)c3cccc(C(=O)NCCS(=O)(=O)N4CCSCC4)c3C2=O)C(=O)N1. The fourth-order valence-corrected chi connectivity index (χ4v) is 6.54. The van der Waals surface area contributed by atoms with Gasteiger partial charge in [-0.25, -0.2) is 12.7 Å². The van der Waals surface area contributed by atoms with Gasteiger partial charge in [-0.15, -0.1) is 0 Å². The lowest BCUT2D eigenvalue weighted by Crippen LogP contribution is -2.54. The molecular weight excluding hydrogens is 472 g/mol. The van der Waals surface area contributed by atoms with Gasteiger partial charge in [-0.3, -0.25) is 34.2 Å². The molecule has 13 heteroatoms. The monoisotopic (exact) mass is 494 g/mol. The minimum atomic E-state index is -3.52. The fraction of sp³-hybridized carbons (Fsp3) is 0.450. The van der Waals surface area contributed by atoms with Gasteiger partial charge in [0.1, 0.15) is 6.04 Å². The van der Waals surface area contributed by atoms with E-state index in [1.165, 1.54) is 22.5 Å². The third kappa shape index (κ3) is 4.52. The molecule has 33 heavy (non-hydrogen) atoms. The molecule has 3 aliphatic heterocycles. The Labute approximate surface area is 194 Å². The Morgan fingerprint density at radius 2 is 1.85 bits per heavy atom. The lowest BCUT2D eigenvalue weighted by atomic mass is 10.0. The molecule has 1 aromatic carbocycles. The van der Waals surface area contributed by atoms with E-state index >= 15 is 0 Å². The zero-order valence-corrected chi connectivity index (χ0v) is 19.2. The molecule has 2 saturated heterocycles. The van der Waals surface area contributed by atoms with Gasteiger partial charge in [0, 0.05) is 37.6 Å². The van der Waals surface area contributed by atoms with Gasteiger partial charge in [0.2, 0.25) is 21.8 Å². The zero-order valence-electron chi connectivity index (χ0n) is 17.5. The van der Waals surface area contributed by atoms with E-state index in [1.807, 2.05) is 0 Å². The lowest BCUT2D eigenvalue weighted by molar-refractivity contribution is -0.136. The molecule has 3 aliphatic rings. The number of amides is 5. The van der Waals surface area contributed by atoms with Gasteiger partial charge in [0.25, 0.3) is 17.7 Å². The number of nitrogens with zero attached hydrogens (tertiary/aromatic N) is 2. The molecule has 1 atom stereocenters. The Morgan fingerprint density at radius 3 is 2.55 bits per heavy atom. The van der Waals surface area contributed by atoms with Gasteiger partial charge in [0.15, 0.2) is 0 Å². The van der Waals surface area contributed by atoms with E-state index in [0.29, 0.717) is 13.1 Å². The number of sulfonamides is 1. The Bertz CT molecular complexity index is 1150. The van der Waals surface area contributed by atoms with Crippen LogP contribution < -0.4 is 10.6 Å². The third-order valence-electron chi connectivity index (χ3n) is 5.72. The number of thioether (sulfide) groups is 1. The first-order chi connectivity index (χ1) is 15.7. The molecule has 0 radical (unpaired) electrons. The number of hydrogen-bond acceptors (Lipinski definition) is 8. The third-order valence-corrected chi connectivity index (χ3v) is 8.54. The van der Waals surface area contributed by atoms with E-state index in [9.17, 15) is 32.4 Å². The quantitative estimate of drug-likeness (QED) is 0.488. The molecule has 3 heterocycles. The number of imide groups is 2. The zero-order chi connectivity index (χ0) is 23.8. The first kappa shape index (κ1) is 23.4. The Hall–Kier alpha value is -2.77. The molecule has 4 rings (SSSR count). The number of fused-ring (bicyclic) bond motifs is 1. The second-order valence-electron chi connectivity index (χ2n) is 7.76. The molecule has 176 valence electrons. The number of rotatable bonds is 6. The summed E-state index contributed by atoms with van der Waals surface area (Å²) < 4.78 is 26.3. The molecule has 0 spiro atoms. The van der Waals surface area contributed by atoms with Gasteiger partial charge in [-0.1, -0.05) is 6.07 Å². The number of nitrogens with one attached hydrogen (secondary N) is 2. The first-order valence-corrected chi connectivity index (χ1v) is 13.2. The predicted molar refractivity (Wildman–Crippen MR) is 118 cm³/mol. The molecule has 5 amide bonds. The maximum Gasteiger partial charge on any atom is 0.263 e. The Balaban J connectivity index is 1.47. The van der Waals surface area contributed by atoms with E-state index in [0.717, 1.165) is 16.4 Å². The van der Waals surface area contributed by atoms with Crippen molar-refractivity contribution in [2.24, 2.45) is 0 Å². The average Bonchev–Trinajstić information content (AvgIpc) is 3.04. The summed E-state index contributed by atoms with van der Waals surface area (Å²) >= 11 is 1.68. The van der Waals surface area contributed by atoms with Gasteiger partial charge in [-0.05, 0) is 18.6 Å². The molecule has 0 aromatic heterocycles. The van der Waals surface area contributed by atoms with Crippen LogP contribution in [0.3, 0.4) is 0 Å². The van der Waals surface area contributed by atoms with Crippen molar-refractivity contribution >= 4 is 51.3 Å². The van der Waals surface area contributed by atoms with Crippen LogP contribution >= 0.6 is 11.8 Å². The van der Waals surface area contributed by atoms with Gasteiger partial charge >= 0.3 is 0 Å². The molecular formula is C20H22N4O7S2. The second kappa shape index (κ2) is 9.23. The van der Waals surface area contributed by atoms with Crippen LogP contribution in [0.1, 0.15) is 43.9 Å². The van der Waals surface area contributed by atoms with E-state index in [-0.39, 0.29) is 41.8 Å².